The van der Waals surface area contributed by atoms with Gasteiger partial charge in [-0.25, -0.2) is 14.3 Å². The Bertz CT molecular complexity index is 1550. The number of carbonyl (C=O) groups is 3. The van der Waals surface area contributed by atoms with E-state index in [2.05, 4.69) is 20.7 Å². The zero-order chi connectivity index (χ0) is 24.6. The van der Waals surface area contributed by atoms with Gasteiger partial charge in [0.2, 0.25) is 0 Å². The van der Waals surface area contributed by atoms with Crippen molar-refractivity contribution in [2.45, 2.75) is 13.1 Å². The third-order valence-electron chi connectivity index (χ3n) is 5.05. The monoisotopic (exact) mass is 463 g/mol. The molecule has 13 heteroatoms. The summed E-state index contributed by atoms with van der Waals surface area (Å²) in [7, 11) is 0. The minimum atomic E-state index is -1.37. The Morgan fingerprint density at radius 3 is 2.41 bits per heavy atom. The van der Waals surface area contributed by atoms with Gasteiger partial charge in [-0.1, -0.05) is 24.3 Å². The van der Waals surface area contributed by atoms with E-state index < -0.39 is 28.6 Å². The van der Waals surface area contributed by atoms with Crippen LogP contribution in [0.3, 0.4) is 0 Å². The molecule has 0 radical (unpaired) electrons. The summed E-state index contributed by atoms with van der Waals surface area (Å²) in [4.78, 5) is 62.6. The quantitative estimate of drug-likeness (QED) is 0.206. The SMILES string of the molecule is NC(=O)c1cnn2c(C(=O)O)cc(C(=O)NCc3cccc(CNc4c(N)c(=O)c4=O)c3)nc12. The maximum atomic E-state index is 12.7. The van der Waals surface area contributed by atoms with Crippen LogP contribution in [0.15, 0.2) is 46.1 Å². The van der Waals surface area contributed by atoms with Crippen molar-refractivity contribution in [3.05, 3.63) is 85.1 Å². The van der Waals surface area contributed by atoms with Gasteiger partial charge in [0.1, 0.15) is 22.6 Å². The number of nitrogen functional groups attached to an aromatic ring is 1. The predicted octanol–water partition coefficient (Wildman–Crippen LogP) is -0.753. The number of carbonyl (C=O) groups excluding carboxylic acids is 2. The maximum Gasteiger partial charge on any atom is 0.354 e. The molecule has 34 heavy (non-hydrogen) atoms. The fourth-order valence-corrected chi connectivity index (χ4v) is 3.30. The number of anilines is 2. The smallest absolute Gasteiger partial charge is 0.354 e. The normalized spacial score (nSPS) is 10.9. The highest BCUT2D eigenvalue weighted by atomic mass is 16.4. The fraction of sp³-hybridized carbons (Fsp3) is 0.0952. The Kier molecular flexibility index (Phi) is 5.51. The van der Waals surface area contributed by atoms with Gasteiger partial charge < -0.3 is 27.2 Å². The first-order valence-corrected chi connectivity index (χ1v) is 9.78. The minimum Gasteiger partial charge on any atom is -0.477 e. The van der Waals surface area contributed by atoms with Gasteiger partial charge >= 0.3 is 5.97 Å². The van der Waals surface area contributed by atoms with Gasteiger partial charge in [-0.15, -0.1) is 0 Å². The van der Waals surface area contributed by atoms with E-state index in [4.69, 9.17) is 11.5 Å². The number of nitrogens with one attached hydrogen (secondary N) is 2. The third kappa shape index (κ3) is 3.92. The number of amides is 2. The van der Waals surface area contributed by atoms with Crippen molar-refractivity contribution in [3.63, 3.8) is 0 Å². The van der Waals surface area contributed by atoms with Gasteiger partial charge in [0.25, 0.3) is 22.7 Å². The zero-order valence-electron chi connectivity index (χ0n) is 17.4. The second kappa shape index (κ2) is 8.46. The van der Waals surface area contributed by atoms with Gasteiger partial charge in [-0.2, -0.15) is 5.10 Å². The molecule has 2 amide bonds. The Labute approximate surface area is 189 Å². The summed E-state index contributed by atoms with van der Waals surface area (Å²) >= 11 is 0. The molecular weight excluding hydrogens is 446 g/mol. The molecular formula is C21H17N7O6. The number of aromatic nitrogens is 3. The minimum absolute atomic E-state index is 0.0755. The topological polar surface area (TPSA) is 212 Å². The average Bonchev–Trinajstić information content (AvgIpc) is 3.26. The molecule has 0 bridgehead atoms. The lowest BCUT2D eigenvalue weighted by Gasteiger charge is -2.11. The molecule has 13 nitrogen and oxygen atoms in total. The molecule has 4 rings (SSSR count). The summed E-state index contributed by atoms with van der Waals surface area (Å²) in [6.45, 7) is 0.306. The highest BCUT2D eigenvalue weighted by Crippen LogP contribution is 2.14. The first-order chi connectivity index (χ1) is 16.2. The van der Waals surface area contributed by atoms with Gasteiger partial charge in [0.15, 0.2) is 11.3 Å². The van der Waals surface area contributed by atoms with Crippen molar-refractivity contribution in [1.82, 2.24) is 19.9 Å². The second-order valence-corrected chi connectivity index (χ2v) is 7.29. The summed E-state index contributed by atoms with van der Waals surface area (Å²) in [5.74, 6) is -2.92. The predicted molar refractivity (Wildman–Crippen MR) is 119 cm³/mol. The molecule has 0 fully saturated rings. The Hall–Kier alpha value is -5.07. The molecule has 2 heterocycles. The van der Waals surface area contributed by atoms with Crippen molar-refractivity contribution in [3.8, 4) is 0 Å². The standard InChI is InChI=1S/C21H17N7O6/c22-14-15(17(30)16(14)29)24-6-9-2-1-3-10(4-9)7-25-20(32)12-5-13(21(33)34)28-19(27-12)11(8-26-28)18(23)31/h1-5,8,24H,6-7,22H2,(H2,23,31)(H,25,32)(H,33,34). The van der Waals surface area contributed by atoms with Crippen LogP contribution in [0.2, 0.25) is 0 Å². The Morgan fingerprint density at radius 2 is 1.76 bits per heavy atom. The van der Waals surface area contributed by atoms with Crippen molar-refractivity contribution in [1.29, 1.82) is 0 Å². The van der Waals surface area contributed by atoms with Crippen LogP contribution in [0.5, 0.6) is 0 Å². The van der Waals surface area contributed by atoms with Crippen molar-refractivity contribution in [2.75, 3.05) is 11.1 Å². The second-order valence-electron chi connectivity index (χ2n) is 7.29. The Balaban J connectivity index is 1.49. The van der Waals surface area contributed by atoms with E-state index in [1.807, 2.05) is 0 Å². The van der Waals surface area contributed by atoms with Gasteiger partial charge in [0, 0.05) is 19.2 Å². The lowest BCUT2D eigenvalue weighted by molar-refractivity contribution is 0.0686. The van der Waals surface area contributed by atoms with Gasteiger partial charge in [0.05, 0.1) is 6.20 Å². The van der Waals surface area contributed by atoms with Crippen LogP contribution in [-0.2, 0) is 13.1 Å². The lowest BCUT2D eigenvalue weighted by atomic mass is 10.1. The number of fused-ring (bicyclic) bond motifs is 1. The number of rotatable bonds is 8. The van der Waals surface area contributed by atoms with Crippen molar-refractivity contribution in [2.24, 2.45) is 5.73 Å². The molecule has 0 spiro atoms. The van der Waals surface area contributed by atoms with E-state index in [9.17, 15) is 29.1 Å². The summed E-state index contributed by atoms with van der Waals surface area (Å²) in [5.41, 5.74) is 9.96. The number of carboxylic acid groups (broad SMARTS) is 1. The fourth-order valence-electron chi connectivity index (χ4n) is 3.30. The molecule has 0 aliphatic rings. The van der Waals surface area contributed by atoms with E-state index in [-0.39, 0.29) is 47.1 Å². The summed E-state index contributed by atoms with van der Waals surface area (Å²) in [6, 6.07) is 8.06. The Morgan fingerprint density at radius 1 is 1.06 bits per heavy atom. The first-order valence-electron chi connectivity index (χ1n) is 9.78. The summed E-state index contributed by atoms with van der Waals surface area (Å²) < 4.78 is 0.915. The molecule has 0 saturated heterocycles. The lowest BCUT2D eigenvalue weighted by Crippen LogP contribution is -2.36. The van der Waals surface area contributed by atoms with E-state index in [1.54, 1.807) is 24.3 Å². The van der Waals surface area contributed by atoms with E-state index in [0.717, 1.165) is 22.3 Å². The average molecular weight is 463 g/mol. The number of hydrogen-bond acceptors (Lipinski definition) is 9. The first kappa shape index (κ1) is 22.1. The van der Waals surface area contributed by atoms with E-state index in [1.165, 1.54) is 0 Å². The number of primary amides is 1. The molecule has 0 unspecified atom stereocenters. The molecule has 0 aliphatic carbocycles. The van der Waals surface area contributed by atoms with Crippen LogP contribution in [0, 0.1) is 0 Å². The van der Waals surface area contributed by atoms with Gasteiger partial charge in [-0.05, 0) is 11.1 Å². The van der Waals surface area contributed by atoms with Crippen molar-refractivity contribution < 1.29 is 19.5 Å². The molecule has 4 aromatic rings. The summed E-state index contributed by atoms with van der Waals surface area (Å²) in [6.07, 6.45) is 1.08. The molecule has 2 aromatic heterocycles. The molecule has 2 aromatic carbocycles. The number of hydrogen-bond donors (Lipinski definition) is 5. The summed E-state index contributed by atoms with van der Waals surface area (Å²) in [5, 5.41) is 18.7. The van der Waals surface area contributed by atoms with Crippen LogP contribution in [0.1, 0.15) is 42.5 Å². The van der Waals surface area contributed by atoms with E-state index in [0.29, 0.717) is 5.56 Å². The van der Waals surface area contributed by atoms with Crippen LogP contribution >= 0.6 is 0 Å². The molecule has 172 valence electrons. The number of nitrogens with zero attached hydrogens (tertiary/aromatic N) is 3. The van der Waals surface area contributed by atoms with Crippen molar-refractivity contribution >= 4 is 34.8 Å². The van der Waals surface area contributed by atoms with Gasteiger partial charge in [-0.3, -0.25) is 19.2 Å². The van der Waals surface area contributed by atoms with Crippen LogP contribution in [0.25, 0.3) is 5.65 Å². The highest BCUT2D eigenvalue weighted by Gasteiger charge is 2.21. The number of nitrogens with two attached hydrogens (primary N) is 2. The third-order valence-corrected chi connectivity index (χ3v) is 5.05. The van der Waals surface area contributed by atoms with Crippen LogP contribution < -0.4 is 33.0 Å². The molecule has 7 N–H and O–H groups in total. The molecule has 0 atom stereocenters. The number of benzene rings is 1. The number of aromatic carboxylic acids is 1. The molecule has 0 aliphatic heterocycles. The maximum absolute atomic E-state index is 12.7. The van der Waals surface area contributed by atoms with Crippen LogP contribution in [-0.4, -0.2) is 37.5 Å². The highest BCUT2D eigenvalue weighted by molar-refractivity contribution is 6.01. The largest absolute Gasteiger partial charge is 0.477 e. The zero-order valence-corrected chi connectivity index (χ0v) is 17.4. The van der Waals surface area contributed by atoms with Crippen LogP contribution in [0.4, 0.5) is 11.4 Å². The number of carboxylic acids is 1. The molecule has 0 saturated carbocycles. The van der Waals surface area contributed by atoms with E-state index >= 15 is 0 Å².